The number of hydrogen-bond acceptors (Lipinski definition) is 4. The molecule has 20 heavy (non-hydrogen) atoms. The predicted molar refractivity (Wildman–Crippen MR) is 78.8 cm³/mol. The smallest absolute Gasteiger partial charge is 0.124 e. The second kappa shape index (κ2) is 5.92. The number of ether oxygens (including phenoxy) is 1. The molecule has 2 heterocycles. The molecule has 2 aliphatic rings. The van der Waals surface area contributed by atoms with Gasteiger partial charge in [0.15, 0.2) is 0 Å². The molecule has 2 N–H and O–H groups in total. The fourth-order valence-electron chi connectivity index (χ4n) is 2.81. The van der Waals surface area contributed by atoms with Crippen LogP contribution >= 0.6 is 11.8 Å². The second-order valence-electron chi connectivity index (χ2n) is 5.63. The lowest BCUT2D eigenvalue weighted by Crippen LogP contribution is -2.41. The van der Waals surface area contributed by atoms with Crippen molar-refractivity contribution in [3.8, 4) is 5.75 Å². The van der Waals surface area contributed by atoms with Crippen molar-refractivity contribution in [3.05, 3.63) is 29.6 Å². The molecule has 110 valence electrons. The van der Waals surface area contributed by atoms with Crippen molar-refractivity contribution in [3.63, 3.8) is 0 Å². The minimum atomic E-state index is -0.620. The number of thioether (sulfide) groups is 1. The molecular weight excluding hydrogens is 277 g/mol. The molecule has 1 saturated heterocycles. The van der Waals surface area contributed by atoms with E-state index >= 15 is 0 Å². The van der Waals surface area contributed by atoms with Gasteiger partial charge in [-0.2, -0.15) is 11.8 Å². The summed E-state index contributed by atoms with van der Waals surface area (Å²) in [5.41, 5.74) is 0.252. The van der Waals surface area contributed by atoms with Crippen LogP contribution < -0.4 is 10.1 Å². The quantitative estimate of drug-likeness (QED) is 0.899. The van der Waals surface area contributed by atoms with E-state index in [0.717, 1.165) is 42.1 Å². The van der Waals surface area contributed by atoms with Crippen LogP contribution in [0.1, 0.15) is 30.9 Å². The maximum Gasteiger partial charge on any atom is 0.124 e. The van der Waals surface area contributed by atoms with Gasteiger partial charge >= 0.3 is 0 Å². The maximum absolute atomic E-state index is 13.5. The molecule has 1 aromatic rings. The van der Waals surface area contributed by atoms with Gasteiger partial charge in [0.2, 0.25) is 0 Å². The maximum atomic E-state index is 13.5. The molecule has 2 unspecified atom stereocenters. The Balaban J connectivity index is 1.74. The summed E-state index contributed by atoms with van der Waals surface area (Å²) < 4.78 is 19.1. The van der Waals surface area contributed by atoms with Crippen molar-refractivity contribution in [2.45, 2.75) is 30.9 Å². The fraction of sp³-hybridized carbons (Fsp3) is 0.600. The summed E-state index contributed by atoms with van der Waals surface area (Å²) in [7, 11) is 0. The first-order valence-corrected chi connectivity index (χ1v) is 8.28. The third-order valence-electron chi connectivity index (χ3n) is 4.00. The van der Waals surface area contributed by atoms with Crippen molar-refractivity contribution < 1.29 is 14.2 Å². The molecular formula is C15H20FNO2S. The van der Waals surface area contributed by atoms with Crippen LogP contribution in [-0.2, 0) is 0 Å². The first-order chi connectivity index (χ1) is 9.66. The molecule has 3 rings (SSSR count). The van der Waals surface area contributed by atoms with Crippen LogP contribution in [-0.4, -0.2) is 35.4 Å². The Morgan fingerprint density at radius 3 is 3.20 bits per heavy atom. The first kappa shape index (κ1) is 14.2. The molecule has 1 aromatic carbocycles. The third kappa shape index (κ3) is 3.10. The van der Waals surface area contributed by atoms with Gasteiger partial charge in [0.1, 0.15) is 11.6 Å². The van der Waals surface area contributed by atoms with E-state index in [1.165, 1.54) is 6.07 Å². The largest absolute Gasteiger partial charge is 0.493 e. The van der Waals surface area contributed by atoms with Crippen LogP contribution in [0.2, 0.25) is 0 Å². The summed E-state index contributed by atoms with van der Waals surface area (Å²) in [5.74, 6) is 2.31. The minimum Gasteiger partial charge on any atom is -0.493 e. The number of nitrogens with one attached hydrogen (secondary N) is 1. The molecule has 3 nitrogen and oxygen atoms in total. The number of hydrogen-bond donors (Lipinski definition) is 2. The normalized spacial score (nSPS) is 29.6. The minimum absolute atomic E-state index is 0.0535. The lowest BCUT2D eigenvalue weighted by atomic mass is 9.99. The van der Waals surface area contributed by atoms with E-state index in [1.54, 1.807) is 23.9 Å². The van der Waals surface area contributed by atoms with Crippen molar-refractivity contribution >= 4 is 11.8 Å². The van der Waals surface area contributed by atoms with Gasteiger partial charge in [-0.3, -0.25) is 0 Å². The monoisotopic (exact) mass is 297 g/mol. The van der Waals surface area contributed by atoms with E-state index in [9.17, 15) is 9.50 Å². The molecule has 0 radical (unpaired) electrons. The van der Waals surface area contributed by atoms with Crippen LogP contribution in [0.3, 0.4) is 0 Å². The van der Waals surface area contributed by atoms with Crippen LogP contribution in [0, 0.1) is 5.82 Å². The molecule has 0 aliphatic carbocycles. The zero-order valence-corrected chi connectivity index (χ0v) is 12.2. The lowest BCUT2D eigenvalue weighted by molar-refractivity contribution is 0.0642. The van der Waals surface area contributed by atoms with Gasteiger partial charge in [-0.05, 0) is 43.2 Å². The molecule has 0 bridgehead atoms. The SMILES string of the molecule is OC1(CNC2CCCOc3ccc(F)cc32)CCSC1. The number of rotatable bonds is 3. The highest BCUT2D eigenvalue weighted by atomic mass is 32.2. The van der Waals surface area contributed by atoms with Crippen LogP contribution in [0.25, 0.3) is 0 Å². The summed E-state index contributed by atoms with van der Waals surface area (Å²) in [5, 5.41) is 13.8. The highest BCUT2D eigenvalue weighted by Crippen LogP contribution is 2.33. The van der Waals surface area contributed by atoms with Gasteiger partial charge in [-0.15, -0.1) is 0 Å². The molecule has 0 aromatic heterocycles. The van der Waals surface area contributed by atoms with E-state index in [2.05, 4.69) is 5.32 Å². The Hall–Kier alpha value is -0.780. The lowest BCUT2D eigenvalue weighted by Gasteiger charge is -2.26. The summed E-state index contributed by atoms with van der Waals surface area (Å²) >= 11 is 1.79. The summed E-state index contributed by atoms with van der Waals surface area (Å²) in [6.45, 7) is 1.22. The molecule has 2 atom stereocenters. The van der Waals surface area contributed by atoms with E-state index in [-0.39, 0.29) is 11.9 Å². The van der Waals surface area contributed by atoms with Crippen LogP contribution in [0.5, 0.6) is 5.75 Å². The van der Waals surface area contributed by atoms with Crippen molar-refractivity contribution in [1.29, 1.82) is 0 Å². The van der Waals surface area contributed by atoms with Crippen molar-refractivity contribution in [2.24, 2.45) is 0 Å². The fourth-order valence-corrected chi connectivity index (χ4v) is 4.10. The Morgan fingerprint density at radius 1 is 1.50 bits per heavy atom. The molecule has 0 saturated carbocycles. The van der Waals surface area contributed by atoms with Crippen LogP contribution in [0.15, 0.2) is 18.2 Å². The highest BCUT2D eigenvalue weighted by molar-refractivity contribution is 7.99. The standard InChI is InChI=1S/C15H20FNO2S/c16-11-3-4-14-12(8-11)13(2-1-6-19-14)17-9-15(18)5-7-20-10-15/h3-4,8,13,17-18H,1-2,5-7,9-10H2. The second-order valence-corrected chi connectivity index (χ2v) is 6.74. The van der Waals surface area contributed by atoms with E-state index in [0.29, 0.717) is 13.2 Å². The van der Waals surface area contributed by atoms with Crippen molar-refractivity contribution in [2.75, 3.05) is 24.7 Å². The van der Waals surface area contributed by atoms with Gasteiger partial charge in [-0.25, -0.2) is 4.39 Å². The van der Waals surface area contributed by atoms with Gasteiger partial charge in [0.25, 0.3) is 0 Å². The number of halogens is 1. The predicted octanol–water partition coefficient (Wildman–Crippen LogP) is 2.50. The zero-order valence-electron chi connectivity index (χ0n) is 11.4. The zero-order chi connectivity index (χ0) is 14.0. The third-order valence-corrected chi connectivity index (χ3v) is 5.24. The van der Waals surface area contributed by atoms with Gasteiger partial charge in [-0.1, -0.05) is 0 Å². The van der Waals surface area contributed by atoms with Crippen LogP contribution in [0.4, 0.5) is 4.39 Å². The molecule has 0 spiro atoms. The number of aliphatic hydroxyl groups is 1. The van der Waals surface area contributed by atoms with E-state index in [1.807, 2.05) is 0 Å². The molecule has 5 heteroatoms. The summed E-state index contributed by atoms with van der Waals surface area (Å²) in [6, 6.07) is 4.73. The van der Waals surface area contributed by atoms with Gasteiger partial charge in [0.05, 0.1) is 12.2 Å². The molecule has 0 amide bonds. The average molecular weight is 297 g/mol. The molecule has 2 aliphatic heterocycles. The summed E-state index contributed by atoms with van der Waals surface area (Å²) in [4.78, 5) is 0. The highest BCUT2D eigenvalue weighted by Gasteiger charge is 2.32. The van der Waals surface area contributed by atoms with Crippen molar-refractivity contribution in [1.82, 2.24) is 5.32 Å². The first-order valence-electron chi connectivity index (χ1n) is 7.12. The average Bonchev–Trinajstić information content (AvgIpc) is 2.76. The van der Waals surface area contributed by atoms with E-state index in [4.69, 9.17) is 4.74 Å². The van der Waals surface area contributed by atoms with Gasteiger partial charge in [0, 0.05) is 23.9 Å². The Bertz CT molecular complexity index is 477. The molecule has 1 fully saturated rings. The van der Waals surface area contributed by atoms with Gasteiger partial charge < -0.3 is 15.2 Å². The number of benzene rings is 1. The topological polar surface area (TPSA) is 41.5 Å². The summed E-state index contributed by atoms with van der Waals surface area (Å²) in [6.07, 6.45) is 2.66. The Kier molecular flexibility index (Phi) is 4.19. The Labute approximate surface area is 122 Å². The van der Waals surface area contributed by atoms with E-state index < -0.39 is 5.60 Å². The number of fused-ring (bicyclic) bond motifs is 1. The Morgan fingerprint density at radius 2 is 2.40 bits per heavy atom.